The van der Waals surface area contributed by atoms with E-state index in [2.05, 4.69) is 4.98 Å². The summed E-state index contributed by atoms with van der Waals surface area (Å²) >= 11 is 0. The zero-order chi connectivity index (χ0) is 21.4. The summed E-state index contributed by atoms with van der Waals surface area (Å²) in [4.78, 5) is 30.7. The summed E-state index contributed by atoms with van der Waals surface area (Å²) in [7, 11) is 1.57. The average Bonchev–Trinajstić information content (AvgIpc) is 3.27. The third-order valence-electron chi connectivity index (χ3n) is 5.61. The molecule has 1 saturated heterocycles. The van der Waals surface area contributed by atoms with Crippen LogP contribution >= 0.6 is 0 Å². The molecule has 3 aromatic rings. The molecule has 1 fully saturated rings. The van der Waals surface area contributed by atoms with Gasteiger partial charge in [0.2, 0.25) is 0 Å². The number of hydrogen-bond acceptors (Lipinski definition) is 4. The summed E-state index contributed by atoms with van der Waals surface area (Å²) in [6, 6.07) is 12.3. The summed E-state index contributed by atoms with van der Waals surface area (Å²) in [6.07, 6.45) is 2.52. The van der Waals surface area contributed by atoms with Gasteiger partial charge in [-0.2, -0.15) is 0 Å². The summed E-state index contributed by atoms with van der Waals surface area (Å²) < 4.78 is 5.24. The van der Waals surface area contributed by atoms with Gasteiger partial charge in [0.1, 0.15) is 11.5 Å². The molecular weight excluding hydrogens is 380 g/mol. The highest BCUT2D eigenvalue weighted by atomic mass is 16.5. The topological polar surface area (TPSA) is 82.6 Å². The van der Waals surface area contributed by atoms with Gasteiger partial charge in [-0.1, -0.05) is 25.1 Å². The zero-order valence-electron chi connectivity index (χ0n) is 17.2. The molecule has 1 amide bonds. The first-order valence-corrected chi connectivity index (χ1v) is 9.97. The number of ether oxygens (including phenoxy) is 1. The molecule has 6 nitrogen and oxygen atoms in total. The van der Waals surface area contributed by atoms with Crippen molar-refractivity contribution in [3.8, 4) is 5.75 Å². The van der Waals surface area contributed by atoms with Gasteiger partial charge in [0, 0.05) is 34.8 Å². The Morgan fingerprint density at radius 3 is 2.67 bits per heavy atom. The van der Waals surface area contributed by atoms with Crippen molar-refractivity contribution in [2.75, 3.05) is 13.7 Å². The number of aromatic nitrogens is 1. The lowest BCUT2D eigenvalue weighted by Gasteiger charge is -2.24. The smallest absolute Gasteiger partial charge is 0.295 e. The molecule has 1 atom stereocenters. The third-order valence-corrected chi connectivity index (χ3v) is 5.61. The lowest BCUT2D eigenvalue weighted by Crippen LogP contribution is -2.30. The van der Waals surface area contributed by atoms with E-state index in [-0.39, 0.29) is 11.3 Å². The van der Waals surface area contributed by atoms with E-state index in [0.29, 0.717) is 24.3 Å². The molecule has 0 bridgehead atoms. The molecule has 6 heteroatoms. The lowest BCUT2D eigenvalue weighted by atomic mass is 9.93. The number of nitrogens with zero attached hydrogens (tertiary/aromatic N) is 1. The first-order chi connectivity index (χ1) is 14.5. The molecule has 30 heavy (non-hydrogen) atoms. The van der Waals surface area contributed by atoms with E-state index in [4.69, 9.17) is 4.74 Å². The fourth-order valence-electron chi connectivity index (χ4n) is 4.17. The van der Waals surface area contributed by atoms with E-state index in [1.165, 1.54) is 0 Å². The average molecular weight is 404 g/mol. The number of likely N-dealkylation sites (tertiary alicyclic amines) is 1. The number of fused-ring (bicyclic) bond motifs is 1. The van der Waals surface area contributed by atoms with Gasteiger partial charge in [0.05, 0.1) is 18.7 Å². The Balaban J connectivity index is 1.95. The molecule has 2 N–H and O–H groups in total. The van der Waals surface area contributed by atoms with Crippen LogP contribution in [0.4, 0.5) is 0 Å². The standard InChI is InChI=1S/C24H24N2O4/c1-4-11-26-21(18-13-25-19-8-6-5-7-17(18)19)20(23(28)24(26)29)22(27)16-10-9-15(30-3)12-14(16)2/h5-10,12-13,21,25,27H,4,11H2,1-3H3/b22-20+. The normalized spacial score (nSPS) is 18.4. The molecule has 0 spiro atoms. The van der Waals surface area contributed by atoms with Crippen molar-refractivity contribution < 1.29 is 19.4 Å². The number of ketones is 1. The summed E-state index contributed by atoms with van der Waals surface area (Å²) in [6.45, 7) is 4.22. The number of aryl methyl sites for hydroxylation is 1. The molecule has 1 aromatic heterocycles. The van der Waals surface area contributed by atoms with Crippen LogP contribution in [0.5, 0.6) is 5.75 Å². The molecule has 0 saturated carbocycles. The van der Waals surface area contributed by atoms with Crippen LogP contribution in [-0.2, 0) is 9.59 Å². The van der Waals surface area contributed by atoms with Gasteiger partial charge >= 0.3 is 0 Å². The monoisotopic (exact) mass is 404 g/mol. The summed E-state index contributed by atoms with van der Waals surface area (Å²) in [5.74, 6) is -0.752. The number of methoxy groups -OCH3 is 1. The fourth-order valence-corrected chi connectivity index (χ4v) is 4.17. The number of carbonyl (C=O) groups excluding carboxylic acids is 2. The molecular formula is C24H24N2O4. The number of benzene rings is 2. The SMILES string of the molecule is CCCN1C(=O)C(=O)/C(=C(/O)c2ccc(OC)cc2C)C1c1c[nH]c2ccccc12. The van der Waals surface area contributed by atoms with Crippen LogP contribution in [0.1, 0.15) is 36.1 Å². The second kappa shape index (κ2) is 7.71. The van der Waals surface area contributed by atoms with E-state index in [1.54, 1.807) is 30.2 Å². The molecule has 2 aromatic carbocycles. The van der Waals surface area contributed by atoms with E-state index in [0.717, 1.165) is 22.0 Å². The molecule has 1 aliphatic rings. The van der Waals surface area contributed by atoms with Crippen molar-refractivity contribution in [3.05, 3.63) is 70.9 Å². The number of amides is 1. The third kappa shape index (κ3) is 3.05. The molecule has 1 unspecified atom stereocenters. The maximum absolute atomic E-state index is 13.0. The Kier molecular flexibility index (Phi) is 5.08. The second-order valence-electron chi connectivity index (χ2n) is 7.46. The number of Topliss-reactive ketones (excluding diaryl/α,β-unsaturated/α-hetero) is 1. The minimum atomic E-state index is -0.661. The number of para-hydroxylation sites is 1. The summed E-state index contributed by atoms with van der Waals surface area (Å²) in [5.41, 5.74) is 3.09. The van der Waals surface area contributed by atoms with E-state index in [9.17, 15) is 14.7 Å². The second-order valence-corrected chi connectivity index (χ2v) is 7.46. The van der Waals surface area contributed by atoms with Crippen molar-refractivity contribution in [1.29, 1.82) is 0 Å². The highest BCUT2D eigenvalue weighted by Crippen LogP contribution is 2.42. The van der Waals surface area contributed by atoms with E-state index in [1.807, 2.05) is 44.3 Å². The minimum absolute atomic E-state index is 0.117. The van der Waals surface area contributed by atoms with Crippen molar-refractivity contribution >= 4 is 28.4 Å². The van der Waals surface area contributed by atoms with Crippen molar-refractivity contribution in [2.24, 2.45) is 0 Å². The molecule has 4 rings (SSSR count). The summed E-state index contributed by atoms with van der Waals surface area (Å²) in [5, 5.41) is 12.1. The first kappa shape index (κ1) is 19.8. The van der Waals surface area contributed by atoms with Crippen LogP contribution in [0.2, 0.25) is 0 Å². The molecule has 0 aliphatic carbocycles. The van der Waals surface area contributed by atoms with Crippen LogP contribution in [0.15, 0.2) is 54.2 Å². The van der Waals surface area contributed by atoms with Gasteiger partial charge in [-0.3, -0.25) is 9.59 Å². The Hall–Kier alpha value is -3.54. The van der Waals surface area contributed by atoms with E-state index < -0.39 is 17.7 Å². The zero-order valence-corrected chi connectivity index (χ0v) is 17.2. The van der Waals surface area contributed by atoms with Gasteiger partial charge in [-0.05, 0) is 43.2 Å². The molecule has 1 aliphatic heterocycles. The number of carbonyl (C=O) groups is 2. The maximum atomic E-state index is 13.0. The number of aliphatic hydroxyl groups is 1. The lowest BCUT2D eigenvalue weighted by molar-refractivity contribution is -0.139. The van der Waals surface area contributed by atoms with E-state index >= 15 is 0 Å². The number of nitrogens with one attached hydrogen (secondary N) is 1. The highest BCUT2D eigenvalue weighted by Gasteiger charge is 2.46. The van der Waals surface area contributed by atoms with Crippen LogP contribution < -0.4 is 4.74 Å². The number of H-pyrrole nitrogens is 1. The predicted molar refractivity (Wildman–Crippen MR) is 115 cm³/mol. The maximum Gasteiger partial charge on any atom is 0.295 e. The Morgan fingerprint density at radius 1 is 1.20 bits per heavy atom. The van der Waals surface area contributed by atoms with Crippen LogP contribution in [0.25, 0.3) is 16.7 Å². The predicted octanol–water partition coefficient (Wildman–Crippen LogP) is 4.32. The fraction of sp³-hybridized carbons (Fsp3) is 0.250. The van der Waals surface area contributed by atoms with Crippen LogP contribution in [0, 0.1) is 6.92 Å². The van der Waals surface area contributed by atoms with Crippen LogP contribution in [0.3, 0.4) is 0 Å². The minimum Gasteiger partial charge on any atom is -0.507 e. The van der Waals surface area contributed by atoms with Gasteiger partial charge in [-0.25, -0.2) is 0 Å². The first-order valence-electron chi connectivity index (χ1n) is 9.97. The number of rotatable bonds is 5. The highest BCUT2D eigenvalue weighted by molar-refractivity contribution is 6.46. The van der Waals surface area contributed by atoms with Crippen molar-refractivity contribution in [2.45, 2.75) is 26.3 Å². The Bertz CT molecular complexity index is 1170. The molecule has 2 heterocycles. The van der Waals surface area contributed by atoms with Gasteiger partial charge < -0.3 is 19.7 Å². The molecule has 154 valence electrons. The van der Waals surface area contributed by atoms with Crippen molar-refractivity contribution in [1.82, 2.24) is 9.88 Å². The Labute approximate surface area is 174 Å². The van der Waals surface area contributed by atoms with Crippen LogP contribution in [-0.4, -0.2) is 40.3 Å². The largest absolute Gasteiger partial charge is 0.507 e. The van der Waals surface area contributed by atoms with Gasteiger partial charge in [0.15, 0.2) is 0 Å². The van der Waals surface area contributed by atoms with Crippen molar-refractivity contribution in [3.63, 3.8) is 0 Å². The van der Waals surface area contributed by atoms with Gasteiger partial charge in [-0.15, -0.1) is 0 Å². The van der Waals surface area contributed by atoms with Gasteiger partial charge in [0.25, 0.3) is 11.7 Å². The Morgan fingerprint density at radius 2 is 1.97 bits per heavy atom. The number of aromatic amines is 1. The number of aliphatic hydroxyl groups excluding tert-OH is 1. The number of hydrogen-bond donors (Lipinski definition) is 2. The quantitative estimate of drug-likeness (QED) is 0.377. The molecule has 0 radical (unpaired) electrons.